The molecule has 0 radical (unpaired) electrons. The maximum Gasteiger partial charge on any atom is 0.152 e. The molecule has 0 aliphatic rings. The van der Waals surface area contributed by atoms with Gasteiger partial charge in [-0.2, -0.15) is 0 Å². The van der Waals surface area contributed by atoms with E-state index in [2.05, 4.69) is 5.32 Å². The number of hydrogen-bond donors (Lipinski definition) is 1. The zero-order chi connectivity index (χ0) is 13.6. The quantitative estimate of drug-likeness (QED) is 0.831. The van der Waals surface area contributed by atoms with Crippen molar-refractivity contribution < 1.29 is 12.8 Å². The van der Waals surface area contributed by atoms with Gasteiger partial charge in [0.15, 0.2) is 9.84 Å². The number of halogens is 1. The first kappa shape index (κ1) is 15.0. The highest BCUT2D eigenvalue weighted by Crippen LogP contribution is 2.09. The van der Waals surface area contributed by atoms with Crippen LogP contribution in [0.2, 0.25) is 0 Å². The molecule has 0 amide bonds. The fourth-order valence-corrected chi connectivity index (χ4v) is 2.91. The average Bonchev–Trinajstić information content (AvgIpc) is 2.26. The van der Waals surface area contributed by atoms with Gasteiger partial charge in [-0.25, -0.2) is 12.8 Å². The van der Waals surface area contributed by atoms with Crippen LogP contribution in [-0.4, -0.2) is 26.5 Å². The van der Waals surface area contributed by atoms with Crippen molar-refractivity contribution >= 4 is 15.5 Å². The lowest BCUT2D eigenvalue weighted by Crippen LogP contribution is -2.19. The number of anilines is 1. The minimum absolute atomic E-state index is 0.0796. The van der Waals surface area contributed by atoms with Crippen LogP contribution in [0.4, 0.5) is 10.1 Å². The molecule has 0 aromatic heterocycles. The maximum absolute atomic E-state index is 12.9. The summed E-state index contributed by atoms with van der Waals surface area (Å²) in [6, 6.07) is 6.00. The van der Waals surface area contributed by atoms with Gasteiger partial charge in [-0.05, 0) is 30.5 Å². The van der Waals surface area contributed by atoms with Gasteiger partial charge in [-0.1, -0.05) is 19.9 Å². The Morgan fingerprint density at radius 3 is 2.61 bits per heavy atom. The normalized spacial score (nSPS) is 11.8. The van der Waals surface area contributed by atoms with Gasteiger partial charge in [-0.15, -0.1) is 0 Å². The molecule has 0 atom stereocenters. The summed E-state index contributed by atoms with van der Waals surface area (Å²) in [5.41, 5.74) is 0.606. The molecule has 18 heavy (non-hydrogen) atoms. The number of benzene rings is 1. The van der Waals surface area contributed by atoms with Crippen LogP contribution < -0.4 is 5.32 Å². The first-order valence-corrected chi connectivity index (χ1v) is 7.91. The van der Waals surface area contributed by atoms with Gasteiger partial charge in [0.05, 0.1) is 11.5 Å². The van der Waals surface area contributed by atoms with E-state index in [9.17, 15) is 12.8 Å². The predicted octanol–water partition coefficient (Wildman–Crippen LogP) is 2.70. The van der Waals surface area contributed by atoms with Gasteiger partial charge < -0.3 is 5.32 Å². The van der Waals surface area contributed by atoms with E-state index in [1.165, 1.54) is 12.1 Å². The van der Waals surface area contributed by atoms with Crippen LogP contribution >= 0.6 is 0 Å². The van der Waals surface area contributed by atoms with Crippen molar-refractivity contribution in [1.82, 2.24) is 0 Å². The molecule has 1 N–H and O–H groups in total. The van der Waals surface area contributed by atoms with Crippen LogP contribution in [0, 0.1) is 11.7 Å². The van der Waals surface area contributed by atoms with Crippen molar-refractivity contribution in [3.05, 3.63) is 30.1 Å². The predicted molar refractivity (Wildman–Crippen MR) is 73.0 cm³/mol. The van der Waals surface area contributed by atoms with Crippen LogP contribution in [0.5, 0.6) is 0 Å². The molecule has 1 rings (SSSR count). The van der Waals surface area contributed by atoms with Gasteiger partial charge in [0.1, 0.15) is 5.82 Å². The monoisotopic (exact) mass is 273 g/mol. The van der Waals surface area contributed by atoms with Crippen LogP contribution in [-0.2, 0) is 9.84 Å². The van der Waals surface area contributed by atoms with E-state index >= 15 is 0 Å². The highest BCUT2D eigenvalue weighted by molar-refractivity contribution is 7.91. The second-order valence-electron chi connectivity index (χ2n) is 4.77. The second-order valence-corrected chi connectivity index (χ2v) is 7.08. The standard InChI is InChI=1S/C13H20FNO2S/c1-11(2)6-8-18(16,17)9-7-15-13-5-3-4-12(14)10-13/h3-5,10-11,15H,6-9H2,1-2H3. The van der Waals surface area contributed by atoms with E-state index in [-0.39, 0.29) is 17.3 Å². The molecule has 0 aliphatic heterocycles. The lowest BCUT2D eigenvalue weighted by atomic mass is 10.2. The highest BCUT2D eigenvalue weighted by atomic mass is 32.2. The minimum atomic E-state index is -3.01. The molecule has 1 aromatic rings. The molecular formula is C13H20FNO2S. The van der Waals surface area contributed by atoms with Crippen molar-refractivity contribution in [2.24, 2.45) is 5.92 Å². The van der Waals surface area contributed by atoms with Crippen LogP contribution in [0.15, 0.2) is 24.3 Å². The van der Waals surface area contributed by atoms with Crippen molar-refractivity contribution in [1.29, 1.82) is 0 Å². The van der Waals surface area contributed by atoms with E-state index in [0.717, 1.165) is 0 Å². The van der Waals surface area contributed by atoms with E-state index < -0.39 is 9.84 Å². The first-order chi connectivity index (χ1) is 8.39. The molecule has 0 unspecified atom stereocenters. The first-order valence-electron chi connectivity index (χ1n) is 6.09. The van der Waals surface area contributed by atoms with Gasteiger partial charge >= 0.3 is 0 Å². The van der Waals surface area contributed by atoms with E-state index in [0.29, 0.717) is 24.6 Å². The maximum atomic E-state index is 12.9. The Morgan fingerprint density at radius 2 is 2.00 bits per heavy atom. The average molecular weight is 273 g/mol. The third kappa shape index (κ3) is 6.00. The molecule has 0 aliphatic carbocycles. The molecule has 0 spiro atoms. The summed E-state index contributed by atoms with van der Waals surface area (Å²) < 4.78 is 36.2. The molecular weight excluding hydrogens is 253 g/mol. The summed E-state index contributed by atoms with van der Waals surface area (Å²) in [4.78, 5) is 0. The smallest absolute Gasteiger partial charge is 0.152 e. The summed E-state index contributed by atoms with van der Waals surface area (Å²) in [6.45, 7) is 4.31. The fourth-order valence-electron chi connectivity index (χ4n) is 1.47. The number of hydrogen-bond acceptors (Lipinski definition) is 3. The van der Waals surface area contributed by atoms with Crippen molar-refractivity contribution in [3.63, 3.8) is 0 Å². The minimum Gasteiger partial charge on any atom is -0.384 e. The molecule has 0 bridgehead atoms. The van der Waals surface area contributed by atoms with Gasteiger partial charge in [0.25, 0.3) is 0 Å². The van der Waals surface area contributed by atoms with Gasteiger partial charge in [-0.3, -0.25) is 0 Å². The number of rotatable bonds is 7. The molecule has 5 heteroatoms. The molecule has 0 fully saturated rings. The van der Waals surface area contributed by atoms with Crippen LogP contribution in [0.25, 0.3) is 0 Å². The highest BCUT2D eigenvalue weighted by Gasteiger charge is 2.11. The SMILES string of the molecule is CC(C)CCS(=O)(=O)CCNc1cccc(F)c1. The van der Waals surface area contributed by atoms with E-state index in [4.69, 9.17) is 0 Å². The molecule has 0 heterocycles. The molecule has 0 saturated carbocycles. The van der Waals surface area contributed by atoms with Gasteiger partial charge in [0, 0.05) is 12.2 Å². The Labute approximate surface area is 108 Å². The van der Waals surface area contributed by atoms with Crippen LogP contribution in [0.3, 0.4) is 0 Å². The number of sulfone groups is 1. The zero-order valence-corrected chi connectivity index (χ0v) is 11.6. The Kier molecular flexibility index (Phi) is 5.59. The summed E-state index contributed by atoms with van der Waals surface area (Å²) >= 11 is 0. The molecule has 1 aromatic carbocycles. The summed E-state index contributed by atoms with van der Waals surface area (Å²) in [6.07, 6.45) is 0.683. The van der Waals surface area contributed by atoms with Crippen molar-refractivity contribution in [3.8, 4) is 0 Å². The fraction of sp³-hybridized carbons (Fsp3) is 0.538. The van der Waals surface area contributed by atoms with Crippen LogP contribution in [0.1, 0.15) is 20.3 Å². The topological polar surface area (TPSA) is 46.2 Å². The third-order valence-corrected chi connectivity index (χ3v) is 4.26. The Hall–Kier alpha value is -1.10. The van der Waals surface area contributed by atoms with Gasteiger partial charge in [0.2, 0.25) is 0 Å². The van der Waals surface area contributed by atoms with E-state index in [1.54, 1.807) is 12.1 Å². The zero-order valence-electron chi connectivity index (χ0n) is 10.8. The Morgan fingerprint density at radius 1 is 1.28 bits per heavy atom. The Bertz CT molecular complexity index is 472. The molecule has 0 saturated heterocycles. The van der Waals surface area contributed by atoms with E-state index in [1.807, 2.05) is 13.8 Å². The third-order valence-electron chi connectivity index (χ3n) is 2.57. The molecule has 3 nitrogen and oxygen atoms in total. The largest absolute Gasteiger partial charge is 0.384 e. The summed E-state index contributed by atoms with van der Waals surface area (Å²) in [7, 11) is -3.01. The Balaban J connectivity index is 2.37. The second kappa shape index (κ2) is 6.73. The number of nitrogens with one attached hydrogen (secondary N) is 1. The summed E-state index contributed by atoms with van der Waals surface area (Å²) in [5, 5.41) is 2.91. The molecule has 102 valence electrons. The lowest BCUT2D eigenvalue weighted by Gasteiger charge is -2.08. The van der Waals surface area contributed by atoms with Crippen molar-refractivity contribution in [2.75, 3.05) is 23.4 Å². The van der Waals surface area contributed by atoms with Crippen molar-refractivity contribution in [2.45, 2.75) is 20.3 Å². The lowest BCUT2D eigenvalue weighted by molar-refractivity contribution is 0.574. The summed E-state index contributed by atoms with van der Waals surface area (Å²) in [5.74, 6) is 0.352.